The summed E-state index contributed by atoms with van der Waals surface area (Å²) in [4.78, 5) is 12.4. The van der Waals surface area contributed by atoms with Crippen LogP contribution in [0.4, 0.5) is 5.69 Å². The van der Waals surface area contributed by atoms with Gasteiger partial charge in [-0.15, -0.1) is 0 Å². The molecule has 0 heterocycles. The van der Waals surface area contributed by atoms with Gasteiger partial charge >= 0.3 is 0 Å². The molecule has 0 aromatic heterocycles. The van der Waals surface area contributed by atoms with E-state index < -0.39 is 0 Å². The lowest BCUT2D eigenvalue weighted by atomic mass is 10.2. The van der Waals surface area contributed by atoms with Gasteiger partial charge < -0.3 is 10.1 Å². The van der Waals surface area contributed by atoms with Crippen molar-refractivity contribution >= 4 is 76.7 Å². The topological polar surface area (TPSA) is 50.4 Å². The third-order valence-electron chi connectivity index (χ3n) is 2.81. The highest BCUT2D eigenvalue weighted by Crippen LogP contribution is 2.32. The first kappa shape index (κ1) is 18.4. The van der Waals surface area contributed by atoms with Crippen LogP contribution in [0, 0.1) is 0 Å². The van der Waals surface area contributed by atoms with Gasteiger partial charge in [0.1, 0.15) is 5.75 Å². The maximum Gasteiger partial charge on any atom is 0.261 e. The van der Waals surface area contributed by atoms with Crippen molar-refractivity contribution in [2.75, 3.05) is 12.4 Å². The number of rotatable bonds is 3. The number of carbonyl (C=O) groups excluding carboxylic acids is 1. The molecule has 2 N–H and O–H groups in total. The van der Waals surface area contributed by atoms with Crippen molar-refractivity contribution in [1.82, 2.24) is 5.32 Å². The third kappa shape index (κ3) is 4.76. The molecule has 0 unspecified atom stereocenters. The van der Waals surface area contributed by atoms with Crippen LogP contribution in [0.5, 0.6) is 5.75 Å². The minimum Gasteiger partial charge on any atom is -0.495 e. The number of hydrogen-bond donors (Lipinski definition) is 2. The van der Waals surface area contributed by atoms with E-state index in [1.54, 1.807) is 12.1 Å². The van der Waals surface area contributed by atoms with Gasteiger partial charge in [0.15, 0.2) is 5.11 Å². The molecule has 23 heavy (non-hydrogen) atoms. The molecule has 2 rings (SSSR count). The molecule has 0 spiro atoms. The van der Waals surface area contributed by atoms with Crippen LogP contribution in [0.1, 0.15) is 10.4 Å². The van der Waals surface area contributed by atoms with E-state index in [4.69, 9.17) is 17.0 Å². The summed E-state index contributed by atoms with van der Waals surface area (Å²) in [6.07, 6.45) is 0. The zero-order chi connectivity index (χ0) is 17.0. The average Bonchev–Trinajstić information content (AvgIpc) is 2.48. The van der Waals surface area contributed by atoms with Crippen LogP contribution in [0.25, 0.3) is 0 Å². The van der Waals surface area contributed by atoms with E-state index in [-0.39, 0.29) is 11.0 Å². The van der Waals surface area contributed by atoms with Crippen LogP contribution in [-0.4, -0.2) is 18.1 Å². The molecule has 1 amide bonds. The lowest BCUT2D eigenvalue weighted by Crippen LogP contribution is -2.34. The number of methoxy groups -OCH3 is 1. The van der Waals surface area contributed by atoms with Crippen LogP contribution in [0.15, 0.2) is 49.8 Å². The van der Waals surface area contributed by atoms with Gasteiger partial charge in [-0.25, -0.2) is 0 Å². The number of benzene rings is 2. The Balaban J connectivity index is 2.16. The second-order valence-corrected chi connectivity index (χ2v) is 7.39. The molecule has 0 atom stereocenters. The van der Waals surface area contributed by atoms with Crippen molar-refractivity contribution in [3.63, 3.8) is 0 Å². The Labute approximate surface area is 164 Å². The Hall–Kier alpha value is -0.960. The molecule has 120 valence electrons. The van der Waals surface area contributed by atoms with E-state index in [9.17, 15) is 4.79 Å². The van der Waals surface area contributed by atoms with Gasteiger partial charge in [-0.05, 0) is 68.3 Å². The summed E-state index contributed by atoms with van der Waals surface area (Å²) in [6, 6.07) is 10.9. The van der Waals surface area contributed by atoms with E-state index >= 15 is 0 Å². The van der Waals surface area contributed by atoms with Gasteiger partial charge in [-0.2, -0.15) is 0 Å². The van der Waals surface area contributed by atoms with Crippen molar-refractivity contribution in [2.45, 2.75) is 0 Å². The van der Waals surface area contributed by atoms with E-state index in [2.05, 4.69) is 58.4 Å². The van der Waals surface area contributed by atoms with E-state index in [0.29, 0.717) is 15.8 Å². The van der Waals surface area contributed by atoms with E-state index in [1.165, 1.54) is 7.11 Å². The first-order valence-corrected chi connectivity index (χ1v) is 9.11. The smallest absolute Gasteiger partial charge is 0.261 e. The number of nitrogens with one attached hydrogen (secondary N) is 2. The molecule has 8 heteroatoms. The maximum atomic E-state index is 12.4. The van der Waals surface area contributed by atoms with Crippen molar-refractivity contribution < 1.29 is 9.53 Å². The number of hydrogen-bond acceptors (Lipinski definition) is 3. The van der Waals surface area contributed by atoms with Crippen LogP contribution < -0.4 is 15.4 Å². The molecule has 0 aliphatic carbocycles. The Morgan fingerprint density at radius 3 is 2.48 bits per heavy atom. The fraction of sp³-hybridized carbons (Fsp3) is 0.0667. The molecular weight excluding hydrogens is 512 g/mol. The zero-order valence-corrected chi connectivity index (χ0v) is 17.4. The zero-order valence-electron chi connectivity index (χ0n) is 11.8. The van der Waals surface area contributed by atoms with Crippen LogP contribution in [0.3, 0.4) is 0 Å². The Morgan fingerprint density at radius 2 is 1.83 bits per heavy atom. The average molecular weight is 523 g/mol. The van der Waals surface area contributed by atoms with Crippen LogP contribution in [-0.2, 0) is 0 Å². The maximum absolute atomic E-state index is 12.4. The van der Waals surface area contributed by atoms with Crippen molar-refractivity contribution in [3.05, 3.63) is 55.4 Å². The van der Waals surface area contributed by atoms with Gasteiger partial charge in [0.2, 0.25) is 0 Å². The summed E-state index contributed by atoms with van der Waals surface area (Å²) in [6.45, 7) is 0. The largest absolute Gasteiger partial charge is 0.495 e. The Bertz CT molecular complexity index is 768. The molecule has 4 nitrogen and oxygen atoms in total. The number of carbonyl (C=O) groups is 1. The highest BCUT2D eigenvalue weighted by atomic mass is 79.9. The Morgan fingerprint density at radius 1 is 1.13 bits per heavy atom. The van der Waals surface area contributed by atoms with Crippen LogP contribution >= 0.6 is 60.0 Å². The van der Waals surface area contributed by atoms with Gasteiger partial charge in [-0.1, -0.05) is 28.1 Å². The summed E-state index contributed by atoms with van der Waals surface area (Å²) in [5.74, 6) is 0.0720. The summed E-state index contributed by atoms with van der Waals surface area (Å²) in [7, 11) is 1.50. The fourth-order valence-electron chi connectivity index (χ4n) is 1.82. The summed E-state index contributed by atoms with van der Waals surface area (Å²) >= 11 is 15.3. The molecule has 0 saturated carbocycles. The van der Waals surface area contributed by atoms with Crippen molar-refractivity contribution in [1.29, 1.82) is 0 Å². The summed E-state index contributed by atoms with van der Waals surface area (Å²) in [5, 5.41) is 5.80. The number of anilines is 1. The standard InChI is InChI=1S/C15H11Br3N2O2S/c1-22-13-9(6-8(16)7-11(13)18)14(21)20-15(23)19-12-5-3-2-4-10(12)17/h2-7H,1H3,(H2,19,20,21,23). The van der Waals surface area contributed by atoms with E-state index in [0.717, 1.165) is 14.6 Å². The predicted octanol–water partition coefficient (Wildman–Crippen LogP) is 5.11. The van der Waals surface area contributed by atoms with E-state index in [1.807, 2.05) is 24.3 Å². The van der Waals surface area contributed by atoms with Gasteiger partial charge in [0.05, 0.1) is 22.8 Å². The molecule has 0 bridgehead atoms. The summed E-state index contributed by atoms with van der Waals surface area (Å²) in [5.41, 5.74) is 1.13. The molecule has 0 aliphatic rings. The second kappa shape index (κ2) is 8.23. The number of amides is 1. The van der Waals surface area contributed by atoms with Gasteiger partial charge in [0, 0.05) is 8.95 Å². The first-order valence-electron chi connectivity index (χ1n) is 6.32. The Kier molecular flexibility index (Phi) is 6.58. The quantitative estimate of drug-likeness (QED) is 0.550. The molecule has 0 aliphatic heterocycles. The molecule has 2 aromatic rings. The fourth-order valence-corrected chi connectivity index (χ4v) is 3.80. The normalized spacial score (nSPS) is 10.1. The number of para-hydroxylation sites is 1. The minimum absolute atomic E-state index is 0.194. The monoisotopic (exact) mass is 520 g/mol. The lowest BCUT2D eigenvalue weighted by molar-refractivity contribution is 0.0974. The first-order chi connectivity index (χ1) is 10.9. The highest BCUT2D eigenvalue weighted by Gasteiger charge is 2.17. The minimum atomic E-state index is -0.367. The number of thiocarbonyl (C=S) groups is 1. The predicted molar refractivity (Wildman–Crippen MR) is 106 cm³/mol. The second-order valence-electron chi connectivity index (χ2n) is 4.36. The van der Waals surface area contributed by atoms with Crippen LogP contribution in [0.2, 0.25) is 0 Å². The third-order valence-corrected chi connectivity index (χ3v) is 4.75. The number of halogens is 3. The van der Waals surface area contributed by atoms with Crippen molar-refractivity contribution in [2.24, 2.45) is 0 Å². The SMILES string of the molecule is COc1c(Br)cc(Br)cc1C(=O)NC(=S)Nc1ccccc1Br. The summed E-state index contributed by atoms with van der Waals surface area (Å²) < 4.78 is 7.54. The van der Waals surface area contributed by atoms with Crippen molar-refractivity contribution in [3.8, 4) is 5.75 Å². The lowest BCUT2D eigenvalue weighted by Gasteiger charge is -2.13. The molecule has 0 radical (unpaired) electrons. The molecule has 0 fully saturated rings. The molecular formula is C15H11Br3N2O2S. The molecule has 0 saturated heterocycles. The highest BCUT2D eigenvalue weighted by molar-refractivity contribution is 9.11. The van der Waals surface area contributed by atoms with Gasteiger partial charge in [-0.3, -0.25) is 10.1 Å². The van der Waals surface area contributed by atoms with Gasteiger partial charge in [0.25, 0.3) is 5.91 Å². The number of ether oxygens (including phenoxy) is 1. The molecule has 2 aromatic carbocycles.